The van der Waals surface area contributed by atoms with E-state index in [1.165, 1.54) is 11.5 Å². The number of piperidine rings is 1. The smallest absolute Gasteiger partial charge is 0.0527 e. The molecule has 1 saturated heterocycles. The lowest BCUT2D eigenvalue weighted by atomic mass is 9.99. The van der Waals surface area contributed by atoms with Crippen LogP contribution in [0, 0.1) is 0 Å². The number of nitrogens with zero attached hydrogens (tertiary/aromatic N) is 1. The molecule has 0 aliphatic carbocycles. The molecule has 2 unspecified atom stereocenters. The van der Waals surface area contributed by atoms with Crippen molar-refractivity contribution in [2.45, 2.75) is 44.8 Å². The van der Waals surface area contributed by atoms with Crippen LogP contribution in [-0.2, 0) is 0 Å². The summed E-state index contributed by atoms with van der Waals surface area (Å²) < 4.78 is 0. The van der Waals surface area contributed by atoms with E-state index in [1.54, 1.807) is 6.92 Å². The number of aliphatic hydroxyl groups excluding tert-OH is 1. The first-order valence-electron chi connectivity index (χ1n) is 4.33. The number of hydroxylamine groups is 2. The van der Waals surface area contributed by atoms with Crippen molar-refractivity contribution in [3.63, 3.8) is 0 Å². The van der Waals surface area contributed by atoms with Crippen molar-refractivity contribution in [3.05, 3.63) is 0 Å². The highest BCUT2D eigenvalue weighted by Crippen LogP contribution is 2.18. The fourth-order valence-corrected chi connectivity index (χ4v) is 1.62. The largest absolute Gasteiger partial charge is 0.393 e. The van der Waals surface area contributed by atoms with E-state index in [0.717, 1.165) is 19.4 Å². The van der Waals surface area contributed by atoms with E-state index in [-0.39, 0.29) is 12.1 Å². The van der Waals surface area contributed by atoms with Crippen LogP contribution in [0.3, 0.4) is 0 Å². The zero-order chi connectivity index (χ0) is 8.27. The topological polar surface area (TPSA) is 43.7 Å². The predicted molar refractivity (Wildman–Crippen MR) is 42.4 cm³/mol. The summed E-state index contributed by atoms with van der Waals surface area (Å²) in [5, 5.41) is 19.8. The predicted octanol–water partition coefficient (Wildman–Crippen LogP) is 1.00. The highest BCUT2D eigenvalue weighted by Gasteiger charge is 2.21. The molecule has 3 heteroatoms. The average Bonchev–Trinajstić information content (AvgIpc) is 1.93. The molecule has 66 valence electrons. The summed E-state index contributed by atoms with van der Waals surface area (Å²) in [6.07, 6.45) is 3.66. The summed E-state index contributed by atoms with van der Waals surface area (Å²) in [5.41, 5.74) is 0. The van der Waals surface area contributed by atoms with Crippen molar-refractivity contribution in [1.29, 1.82) is 0 Å². The van der Waals surface area contributed by atoms with E-state index in [1.807, 2.05) is 0 Å². The van der Waals surface area contributed by atoms with Gasteiger partial charge in [0.1, 0.15) is 0 Å². The minimum Gasteiger partial charge on any atom is -0.393 e. The van der Waals surface area contributed by atoms with Crippen molar-refractivity contribution in [2.24, 2.45) is 0 Å². The molecule has 1 aliphatic heterocycles. The Bertz CT molecular complexity index is 117. The SMILES string of the molecule is CC(O)CC1CCCCN1O. The van der Waals surface area contributed by atoms with E-state index >= 15 is 0 Å². The van der Waals surface area contributed by atoms with Gasteiger partial charge in [0.15, 0.2) is 0 Å². The summed E-state index contributed by atoms with van der Waals surface area (Å²) in [7, 11) is 0. The first-order chi connectivity index (χ1) is 5.20. The Morgan fingerprint density at radius 2 is 2.27 bits per heavy atom. The molecule has 0 amide bonds. The van der Waals surface area contributed by atoms with Gasteiger partial charge < -0.3 is 10.3 Å². The van der Waals surface area contributed by atoms with Gasteiger partial charge in [0.05, 0.1) is 6.10 Å². The van der Waals surface area contributed by atoms with Gasteiger partial charge in [0.2, 0.25) is 0 Å². The molecular weight excluding hydrogens is 142 g/mol. The number of rotatable bonds is 2. The molecule has 0 bridgehead atoms. The molecule has 1 heterocycles. The van der Waals surface area contributed by atoms with Gasteiger partial charge in [0.25, 0.3) is 0 Å². The standard InChI is InChI=1S/C8H17NO2/c1-7(10)6-8-4-2-3-5-9(8)11/h7-8,10-11H,2-6H2,1H3. The summed E-state index contributed by atoms with van der Waals surface area (Å²) in [6, 6.07) is 0.184. The minimum absolute atomic E-state index is 0.184. The van der Waals surface area contributed by atoms with Crippen LogP contribution in [0.15, 0.2) is 0 Å². The molecule has 3 nitrogen and oxygen atoms in total. The lowest BCUT2D eigenvalue weighted by molar-refractivity contribution is -0.149. The Labute approximate surface area is 67.6 Å². The van der Waals surface area contributed by atoms with Crippen LogP contribution in [0.2, 0.25) is 0 Å². The molecule has 0 aromatic carbocycles. The average molecular weight is 159 g/mol. The van der Waals surface area contributed by atoms with Gasteiger partial charge in [-0.2, -0.15) is 5.06 Å². The molecule has 1 fully saturated rings. The molecule has 0 saturated carbocycles. The van der Waals surface area contributed by atoms with E-state index in [2.05, 4.69) is 0 Å². The second-order valence-corrected chi connectivity index (χ2v) is 3.40. The highest BCUT2D eigenvalue weighted by molar-refractivity contribution is 4.72. The van der Waals surface area contributed by atoms with Crippen LogP contribution in [-0.4, -0.2) is 34.1 Å². The van der Waals surface area contributed by atoms with Gasteiger partial charge in [-0.05, 0) is 26.2 Å². The first kappa shape index (κ1) is 8.97. The summed E-state index contributed by atoms with van der Waals surface area (Å²) >= 11 is 0. The van der Waals surface area contributed by atoms with Crippen molar-refractivity contribution in [3.8, 4) is 0 Å². The van der Waals surface area contributed by atoms with Gasteiger partial charge in [-0.15, -0.1) is 0 Å². The Kier molecular flexibility index (Phi) is 3.30. The van der Waals surface area contributed by atoms with Gasteiger partial charge in [-0.1, -0.05) is 6.42 Å². The third-order valence-corrected chi connectivity index (χ3v) is 2.21. The van der Waals surface area contributed by atoms with Gasteiger partial charge in [-0.3, -0.25) is 0 Å². The molecule has 2 atom stereocenters. The summed E-state index contributed by atoms with van der Waals surface area (Å²) in [4.78, 5) is 0. The fourth-order valence-electron chi connectivity index (χ4n) is 1.62. The molecule has 0 aromatic rings. The van der Waals surface area contributed by atoms with Crippen LogP contribution < -0.4 is 0 Å². The second kappa shape index (κ2) is 4.04. The molecule has 11 heavy (non-hydrogen) atoms. The summed E-state index contributed by atoms with van der Waals surface area (Å²) in [5.74, 6) is 0. The molecule has 1 aliphatic rings. The lowest BCUT2D eigenvalue weighted by Gasteiger charge is -2.31. The van der Waals surface area contributed by atoms with E-state index in [0.29, 0.717) is 6.42 Å². The highest BCUT2D eigenvalue weighted by atomic mass is 16.5. The third kappa shape index (κ3) is 2.77. The summed E-state index contributed by atoms with van der Waals surface area (Å²) in [6.45, 7) is 2.53. The Hall–Kier alpha value is -0.120. The lowest BCUT2D eigenvalue weighted by Crippen LogP contribution is -2.38. The van der Waals surface area contributed by atoms with Crippen LogP contribution in [0.4, 0.5) is 0 Å². The van der Waals surface area contributed by atoms with Crippen molar-refractivity contribution in [2.75, 3.05) is 6.54 Å². The van der Waals surface area contributed by atoms with Crippen molar-refractivity contribution in [1.82, 2.24) is 5.06 Å². The van der Waals surface area contributed by atoms with Crippen LogP contribution in [0.1, 0.15) is 32.6 Å². The van der Waals surface area contributed by atoms with E-state index in [4.69, 9.17) is 5.11 Å². The van der Waals surface area contributed by atoms with Crippen LogP contribution >= 0.6 is 0 Å². The maximum absolute atomic E-state index is 9.34. The fraction of sp³-hybridized carbons (Fsp3) is 1.00. The molecule has 2 N–H and O–H groups in total. The van der Waals surface area contributed by atoms with Crippen molar-refractivity contribution >= 4 is 0 Å². The Morgan fingerprint density at radius 3 is 2.82 bits per heavy atom. The maximum atomic E-state index is 9.34. The number of hydrogen-bond acceptors (Lipinski definition) is 3. The molecule has 1 rings (SSSR count). The monoisotopic (exact) mass is 159 g/mol. The van der Waals surface area contributed by atoms with E-state index < -0.39 is 0 Å². The Morgan fingerprint density at radius 1 is 1.55 bits per heavy atom. The quantitative estimate of drug-likeness (QED) is 0.631. The van der Waals surface area contributed by atoms with Crippen LogP contribution in [0.25, 0.3) is 0 Å². The van der Waals surface area contributed by atoms with E-state index in [9.17, 15) is 5.21 Å². The van der Waals surface area contributed by atoms with Gasteiger partial charge >= 0.3 is 0 Å². The number of hydrogen-bond donors (Lipinski definition) is 2. The zero-order valence-electron chi connectivity index (χ0n) is 7.03. The second-order valence-electron chi connectivity index (χ2n) is 3.40. The zero-order valence-corrected chi connectivity index (χ0v) is 7.03. The molecule has 0 radical (unpaired) electrons. The minimum atomic E-state index is -0.298. The number of aliphatic hydroxyl groups is 1. The maximum Gasteiger partial charge on any atom is 0.0527 e. The van der Waals surface area contributed by atoms with Gasteiger partial charge in [-0.25, -0.2) is 0 Å². The molecule has 0 aromatic heterocycles. The normalized spacial score (nSPS) is 30.3. The Balaban J connectivity index is 2.29. The van der Waals surface area contributed by atoms with Gasteiger partial charge in [0, 0.05) is 12.6 Å². The van der Waals surface area contributed by atoms with Crippen LogP contribution in [0.5, 0.6) is 0 Å². The first-order valence-corrected chi connectivity index (χ1v) is 4.33. The third-order valence-electron chi connectivity index (χ3n) is 2.21. The molecule has 0 spiro atoms. The molecular formula is C8H17NO2. The van der Waals surface area contributed by atoms with Crippen molar-refractivity contribution < 1.29 is 10.3 Å².